The van der Waals surface area contributed by atoms with E-state index in [1.165, 1.54) is 11.3 Å². The fourth-order valence-corrected chi connectivity index (χ4v) is 4.70. The van der Waals surface area contributed by atoms with E-state index in [0.29, 0.717) is 31.2 Å². The fraction of sp³-hybridized carbons (Fsp3) is 0.500. The molecule has 4 rings (SSSR count). The van der Waals surface area contributed by atoms with Gasteiger partial charge in [-0.05, 0) is 37.0 Å². The fourth-order valence-electron chi connectivity index (χ4n) is 3.78. The van der Waals surface area contributed by atoms with Crippen molar-refractivity contribution in [3.8, 4) is 5.75 Å². The predicted octanol–water partition coefficient (Wildman–Crippen LogP) is 2.21. The number of hydrogen-bond donors (Lipinski definition) is 1. The Morgan fingerprint density at radius 2 is 2.14 bits per heavy atom. The van der Waals surface area contributed by atoms with E-state index in [2.05, 4.69) is 20.4 Å². The third-order valence-electron chi connectivity index (χ3n) is 5.37. The summed E-state index contributed by atoms with van der Waals surface area (Å²) in [6.07, 6.45) is 3.23. The molecule has 0 bridgehead atoms. The molecule has 1 atom stereocenters. The van der Waals surface area contributed by atoms with Crippen molar-refractivity contribution in [1.82, 2.24) is 15.5 Å². The van der Waals surface area contributed by atoms with Crippen LogP contribution in [0.15, 0.2) is 24.3 Å². The molecular formula is C20H25N5O3S. The van der Waals surface area contributed by atoms with Gasteiger partial charge in [0.25, 0.3) is 0 Å². The Bertz CT molecular complexity index is 887. The first-order valence-electron chi connectivity index (χ1n) is 9.93. The van der Waals surface area contributed by atoms with Crippen molar-refractivity contribution in [2.24, 2.45) is 5.92 Å². The molecule has 1 aromatic heterocycles. The molecule has 0 saturated carbocycles. The number of carbonyl (C=O) groups excluding carboxylic acids is 2. The van der Waals surface area contributed by atoms with E-state index in [0.717, 1.165) is 42.3 Å². The highest BCUT2D eigenvalue weighted by molar-refractivity contribution is 7.19. The molecule has 2 amide bonds. The minimum absolute atomic E-state index is 0.0528. The minimum atomic E-state index is -0.0878. The lowest BCUT2D eigenvalue weighted by molar-refractivity contribution is -0.125. The maximum atomic E-state index is 12.7. The molecule has 2 aromatic rings. The van der Waals surface area contributed by atoms with Crippen molar-refractivity contribution in [2.75, 3.05) is 36.5 Å². The third kappa shape index (κ3) is 4.50. The maximum absolute atomic E-state index is 12.7. The molecule has 154 valence electrons. The molecule has 1 N–H and O–H groups in total. The number of methoxy groups -OCH3 is 1. The van der Waals surface area contributed by atoms with Gasteiger partial charge in [0, 0.05) is 32.6 Å². The quantitative estimate of drug-likeness (QED) is 0.778. The van der Waals surface area contributed by atoms with E-state index in [1.54, 1.807) is 12.0 Å². The van der Waals surface area contributed by atoms with Crippen molar-refractivity contribution in [2.45, 2.75) is 32.2 Å². The zero-order valence-electron chi connectivity index (χ0n) is 16.5. The number of amides is 2. The number of aromatic nitrogens is 2. The van der Waals surface area contributed by atoms with Crippen molar-refractivity contribution in [3.63, 3.8) is 0 Å². The van der Waals surface area contributed by atoms with Gasteiger partial charge in [-0.2, -0.15) is 0 Å². The monoisotopic (exact) mass is 415 g/mol. The summed E-state index contributed by atoms with van der Waals surface area (Å²) in [6.45, 7) is 2.66. The number of benzene rings is 1. The van der Waals surface area contributed by atoms with Gasteiger partial charge in [0.05, 0.1) is 13.0 Å². The van der Waals surface area contributed by atoms with Gasteiger partial charge < -0.3 is 15.0 Å². The van der Waals surface area contributed by atoms with Crippen molar-refractivity contribution < 1.29 is 14.3 Å². The van der Waals surface area contributed by atoms with Gasteiger partial charge in [-0.1, -0.05) is 23.5 Å². The van der Waals surface area contributed by atoms with Gasteiger partial charge in [-0.15, -0.1) is 10.2 Å². The zero-order chi connectivity index (χ0) is 20.2. The summed E-state index contributed by atoms with van der Waals surface area (Å²) in [5, 5.41) is 13.0. The molecule has 0 unspecified atom stereocenters. The zero-order valence-corrected chi connectivity index (χ0v) is 17.3. The highest BCUT2D eigenvalue weighted by Crippen LogP contribution is 2.32. The van der Waals surface area contributed by atoms with Crippen LogP contribution >= 0.6 is 11.3 Å². The van der Waals surface area contributed by atoms with Crippen LogP contribution in [-0.4, -0.2) is 48.8 Å². The summed E-state index contributed by atoms with van der Waals surface area (Å²) in [6, 6.07) is 7.70. The molecule has 0 aliphatic carbocycles. The SMILES string of the molecule is COc1cccc(CNC(=O)[C@H]2CCCN(c3nnc(N4CCCC4=O)s3)C2)c1. The summed E-state index contributed by atoms with van der Waals surface area (Å²) in [5.41, 5.74) is 1.01. The van der Waals surface area contributed by atoms with E-state index in [4.69, 9.17) is 4.74 Å². The van der Waals surface area contributed by atoms with Crippen LogP contribution < -0.4 is 19.9 Å². The number of piperidine rings is 1. The Morgan fingerprint density at radius 3 is 2.93 bits per heavy atom. The van der Waals surface area contributed by atoms with E-state index in [1.807, 2.05) is 24.3 Å². The number of rotatable bonds is 6. The Kier molecular flexibility index (Phi) is 5.94. The van der Waals surface area contributed by atoms with Crippen LogP contribution in [-0.2, 0) is 16.1 Å². The van der Waals surface area contributed by atoms with Gasteiger partial charge in [-0.3, -0.25) is 14.5 Å². The number of carbonyl (C=O) groups is 2. The second kappa shape index (κ2) is 8.77. The highest BCUT2D eigenvalue weighted by atomic mass is 32.1. The average Bonchev–Trinajstić information content (AvgIpc) is 3.41. The molecule has 9 heteroatoms. The van der Waals surface area contributed by atoms with E-state index in [9.17, 15) is 9.59 Å². The average molecular weight is 416 g/mol. The topological polar surface area (TPSA) is 87.7 Å². The van der Waals surface area contributed by atoms with Gasteiger partial charge in [0.2, 0.25) is 22.1 Å². The van der Waals surface area contributed by atoms with Gasteiger partial charge in [0.15, 0.2) is 0 Å². The molecule has 2 saturated heterocycles. The predicted molar refractivity (Wildman–Crippen MR) is 111 cm³/mol. The van der Waals surface area contributed by atoms with Crippen molar-refractivity contribution in [1.29, 1.82) is 0 Å². The number of nitrogens with one attached hydrogen (secondary N) is 1. The normalized spacial score (nSPS) is 19.5. The number of hydrogen-bond acceptors (Lipinski definition) is 7. The number of ether oxygens (including phenoxy) is 1. The number of nitrogens with zero attached hydrogens (tertiary/aromatic N) is 4. The van der Waals surface area contributed by atoms with Crippen LogP contribution in [0, 0.1) is 5.92 Å². The molecule has 2 aliphatic heterocycles. The Morgan fingerprint density at radius 1 is 1.28 bits per heavy atom. The Labute approximate surface area is 173 Å². The summed E-state index contributed by atoms with van der Waals surface area (Å²) in [4.78, 5) is 28.5. The lowest BCUT2D eigenvalue weighted by Crippen LogP contribution is -2.43. The molecule has 0 spiro atoms. The highest BCUT2D eigenvalue weighted by Gasteiger charge is 2.30. The first kappa shape index (κ1) is 19.6. The van der Waals surface area contributed by atoms with Crippen LogP contribution in [0.25, 0.3) is 0 Å². The largest absolute Gasteiger partial charge is 0.497 e. The summed E-state index contributed by atoms with van der Waals surface area (Å²) in [7, 11) is 1.63. The van der Waals surface area contributed by atoms with Crippen LogP contribution in [0.1, 0.15) is 31.2 Å². The smallest absolute Gasteiger partial charge is 0.228 e. The molecule has 2 aliphatic rings. The summed E-state index contributed by atoms with van der Waals surface area (Å²) >= 11 is 1.43. The molecule has 1 aromatic carbocycles. The lowest BCUT2D eigenvalue weighted by atomic mass is 9.97. The van der Waals surface area contributed by atoms with Crippen LogP contribution in [0.3, 0.4) is 0 Å². The first-order chi connectivity index (χ1) is 14.1. The van der Waals surface area contributed by atoms with Crippen molar-refractivity contribution in [3.05, 3.63) is 29.8 Å². The summed E-state index contributed by atoms with van der Waals surface area (Å²) < 4.78 is 5.23. The Balaban J connectivity index is 1.35. The standard InChI is InChI=1S/C20H25N5O3S/c1-28-16-7-2-5-14(11-16)12-21-18(27)15-6-3-9-24(13-15)19-22-23-20(29-19)25-10-4-8-17(25)26/h2,5,7,11,15H,3-4,6,8-10,12-13H2,1H3,(H,21,27)/t15-/m0/s1. The van der Waals surface area contributed by atoms with Gasteiger partial charge >= 0.3 is 0 Å². The molecule has 8 nitrogen and oxygen atoms in total. The third-order valence-corrected chi connectivity index (χ3v) is 6.38. The number of anilines is 2. The molecule has 2 fully saturated rings. The van der Waals surface area contributed by atoms with Gasteiger partial charge in [-0.25, -0.2) is 0 Å². The second-order valence-electron chi connectivity index (χ2n) is 7.37. The van der Waals surface area contributed by atoms with E-state index in [-0.39, 0.29) is 17.7 Å². The van der Waals surface area contributed by atoms with E-state index >= 15 is 0 Å². The van der Waals surface area contributed by atoms with E-state index < -0.39 is 0 Å². The molecule has 29 heavy (non-hydrogen) atoms. The van der Waals surface area contributed by atoms with Gasteiger partial charge in [0.1, 0.15) is 5.75 Å². The summed E-state index contributed by atoms with van der Waals surface area (Å²) in [5.74, 6) is 0.859. The van der Waals surface area contributed by atoms with Crippen LogP contribution in [0.5, 0.6) is 5.75 Å². The lowest BCUT2D eigenvalue weighted by Gasteiger charge is -2.31. The van der Waals surface area contributed by atoms with Crippen LogP contribution in [0.2, 0.25) is 0 Å². The Hall–Kier alpha value is -2.68. The van der Waals surface area contributed by atoms with Crippen molar-refractivity contribution >= 4 is 33.4 Å². The first-order valence-corrected chi connectivity index (χ1v) is 10.7. The molecule has 3 heterocycles. The maximum Gasteiger partial charge on any atom is 0.228 e. The second-order valence-corrected chi connectivity index (χ2v) is 8.31. The molecular weight excluding hydrogens is 390 g/mol. The molecule has 0 radical (unpaired) electrons. The van der Waals surface area contributed by atoms with Crippen LogP contribution in [0.4, 0.5) is 10.3 Å². The minimum Gasteiger partial charge on any atom is -0.497 e.